The van der Waals surface area contributed by atoms with Crippen molar-refractivity contribution in [3.8, 4) is 0 Å². The van der Waals surface area contributed by atoms with Crippen LogP contribution in [-0.2, 0) is 4.79 Å². The molecule has 0 bridgehead atoms. The first-order valence-electron chi connectivity index (χ1n) is 4.89. The van der Waals surface area contributed by atoms with Gasteiger partial charge in [0.05, 0.1) is 6.54 Å². The highest BCUT2D eigenvalue weighted by Gasteiger charge is 2.42. The number of nitrogens with zero attached hydrogens (tertiary/aromatic N) is 1. The smallest absolute Gasteiger partial charge is 0.160 e. The van der Waals surface area contributed by atoms with Gasteiger partial charge in [-0.25, -0.2) is 8.78 Å². The second kappa shape index (κ2) is 4.65. The molecule has 1 aromatic carbocycles. The Hall–Kier alpha value is -0.720. The second-order valence-electron chi connectivity index (χ2n) is 3.72. The maximum Gasteiger partial charge on any atom is 0.160 e. The number of carbonyl (C=O) groups excluding carboxylic acids is 1. The van der Waals surface area contributed by atoms with Crippen molar-refractivity contribution < 1.29 is 13.6 Å². The number of halogens is 3. The van der Waals surface area contributed by atoms with Crippen molar-refractivity contribution in [2.45, 2.75) is 18.4 Å². The first kappa shape index (κ1) is 11.8. The van der Waals surface area contributed by atoms with Gasteiger partial charge in [0.1, 0.15) is 12.3 Å². The molecule has 1 fully saturated rings. The monoisotopic (exact) mass is 337 g/mol. The maximum absolute atomic E-state index is 13.3. The van der Waals surface area contributed by atoms with E-state index in [2.05, 4.69) is 22.6 Å². The summed E-state index contributed by atoms with van der Waals surface area (Å²) in [5.74, 6) is 0. The molecule has 1 saturated heterocycles. The summed E-state index contributed by atoms with van der Waals surface area (Å²) >= 11 is 2.15. The van der Waals surface area contributed by atoms with Crippen molar-refractivity contribution in [2.75, 3.05) is 11.4 Å². The molecule has 3 unspecified atom stereocenters. The van der Waals surface area contributed by atoms with Crippen LogP contribution < -0.4 is 4.90 Å². The molecule has 2 rings (SSSR count). The van der Waals surface area contributed by atoms with E-state index in [1.165, 1.54) is 4.90 Å². The van der Waals surface area contributed by atoms with Gasteiger partial charge in [-0.2, -0.15) is 0 Å². The Morgan fingerprint density at radius 1 is 1.31 bits per heavy atom. The molecule has 0 aromatic heterocycles. The Kier molecular flexibility index (Phi) is 3.41. The van der Waals surface area contributed by atoms with Crippen molar-refractivity contribution in [1.82, 2.24) is 0 Å². The third-order valence-electron chi connectivity index (χ3n) is 2.70. The van der Waals surface area contributed by atoms with Crippen LogP contribution >= 0.6 is 22.6 Å². The van der Waals surface area contributed by atoms with Gasteiger partial charge in [0.15, 0.2) is 12.3 Å². The number of carbonyl (C=O) groups is 1. The first-order chi connectivity index (χ1) is 7.63. The number of rotatable bonds is 2. The summed E-state index contributed by atoms with van der Waals surface area (Å²) in [5, 5.41) is 0. The van der Waals surface area contributed by atoms with E-state index >= 15 is 0 Å². The number of benzene rings is 1. The average Bonchev–Trinajstić information content (AvgIpc) is 2.56. The second-order valence-corrected chi connectivity index (χ2v) is 4.96. The lowest BCUT2D eigenvalue weighted by molar-refractivity contribution is -0.109. The highest BCUT2D eigenvalue weighted by Crippen LogP contribution is 2.28. The molecular weight excluding hydrogens is 327 g/mol. The van der Waals surface area contributed by atoms with Crippen molar-refractivity contribution in [1.29, 1.82) is 0 Å². The fourth-order valence-electron chi connectivity index (χ4n) is 1.85. The van der Waals surface area contributed by atoms with Gasteiger partial charge >= 0.3 is 0 Å². The molecule has 0 amide bonds. The number of alkyl halides is 2. The normalized spacial score (nSPS) is 29.4. The summed E-state index contributed by atoms with van der Waals surface area (Å²) in [4.78, 5) is 12.2. The Morgan fingerprint density at radius 3 is 2.50 bits per heavy atom. The summed E-state index contributed by atoms with van der Waals surface area (Å²) < 4.78 is 27.6. The molecule has 5 heteroatoms. The van der Waals surface area contributed by atoms with Gasteiger partial charge < -0.3 is 9.69 Å². The predicted molar refractivity (Wildman–Crippen MR) is 66.1 cm³/mol. The lowest BCUT2D eigenvalue weighted by atomic mass is 10.2. The summed E-state index contributed by atoms with van der Waals surface area (Å²) in [7, 11) is 0. The topological polar surface area (TPSA) is 20.3 Å². The number of aldehydes is 1. The molecule has 0 spiro atoms. The molecule has 0 N–H and O–H groups in total. The average molecular weight is 337 g/mol. The van der Waals surface area contributed by atoms with Crippen LogP contribution in [-0.4, -0.2) is 31.2 Å². The van der Waals surface area contributed by atoms with Gasteiger partial charge in [-0.3, -0.25) is 0 Å². The standard InChI is InChI=1S/C11H10F2INO/c12-9-5-15(10(6-16)11(9)13)8-3-1-7(14)2-4-8/h1-4,6,9-11H,5H2. The van der Waals surface area contributed by atoms with E-state index in [-0.39, 0.29) is 6.54 Å². The van der Waals surface area contributed by atoms with Crippen molar-refractivity contribution in [3.63, 3.8) is 0 Å². The predicted octanol–water partition coefficient (Wildman–Crippen LogP) is 2.35. The molecule has 1 aliphatic rings. The van der Waals surface area contributed by atoms with E-state index in [4.69, 9.17) is 0 Å². The summed E-state index contributed by atoms with van der Waals surface area (Å²) in [5.41, 5.74) is 0.681. The van der Waals surface area contributed by atoms with Crippen LogP contribution in [0.25, 0.3) is 0 Å². The van der Waals surface area contributed by atoms with Crippen LogP contribution in [0.2, 0.25) is 0 Å². The zero-order valence-corrected chi connectivity index (χ0v) is 10.5. The van der Waals surface area contributed by atoms with Crippen molar-refractivity contribution in [2.24, 2.45) is 0 Å². The molecule has 3 atom stereocenters. The van der Waals surface area contributed by atoms with Crippen LogP contribution in [0.3, 0.4) is 0 Å². The van der Waals surface area contributed by atoms with Gasteiger partial charge in [-0.15, -0.1) is 0 Å². The zero-order chi connectivity index (χ0) is 11.7. The molecule has 1 aromatic rings. The fourth-order valence-corrected chi connectivity index (χ4v) is 2.21. The largest absolute Gasteiger partial charge is 0.356 e. The van der Waals surface area contributed by atoms with Gasteiger partial charge in [0.25, 0.3) is 0 Å². The zero-order valence-electron chi connectivity index (χ0n) is 8.32. The maximum atomic E-state index is 13.3. The minimum absolute atomic E-state index is 0.0643. The lowest BCUT2D eigenvalue weighted by Crippen LogP contribution is -2.35. The Labute approximate surface area is 106 Å². The number of hydrogen-bond donors (Lipinski definition) is 0. The highest BCUT2D eigenvalue weighted by molar-refractivity contribution is 14.1. The molecule has 0 aliphatic carbocycles. The fraction of sp³-hybridized carbons (Fsp3) is 0.364. The molecule has 2 nitrogen and oxygen atoms in total. The third-order valence-corrected chi connectivity index (χ3v) is 3.42. The first-order valence-corrected chi connectivity index (χ1v) is 5.97. The Bertz CT molecular complexity index is 384. The van der Waals surface area contributed by atoms with Gasteiger partial charge in [0.2, 0.25) is 0 Å². The van der Waals surface area contributed by atoms with E-state index in [0.717, 1.165) is 3.57 Å². The van der Waals surface area contributed by atoms with E-state index in [0.29, 0.717) is 12.0 Å². The van der Waals surface area contributed by atoms with E-state index in [9.17, 15) is 13.6 Å². The van der Waals surface area contributed by atoms with Crippen LogP contribution in [0.1, 0.15) is 0 Å². The Morgan fingerprint density at radius 2 is 1.94 bits per heavy atom. The molecule has 86 valence electrons. The van der Waals surface area contributed by atoms with Crippen LogP contribution in [0.4, 0.5) is 14.5 Å². The molecule has 0 saturated carbocycles. The molecular formula is C11H10F2INO. The minimum Gasteiger partial charge on any atom is -0.356 e. The Balaban J connectivity index is 2.27. The van der Waals surface area contributed by atoms with E-state index in [1.807, 2.05) is 12.1 Å². The van der Waals surface area contributed by atoms with E-state index in [1.54, 1.807) is 12.1 Å². The minimum atomic E-state index is -1.73. The van der Waals surface area contributed by atoms with E-state index < -0.39 is 18.4 Å². The van der Waals surface area contributed by atoms with Crippen LogP contribution in [0.15, 0.2) is 24.3 Å². The summed E-state index contributed by atoms with van der Waals surface area (Å²) in [6, 6.07) is 6.22. The van der Waals surface area contributed by atoms with Gasteiger partial charge in [-0.1, -0.05) is 0 Å². The SMILES string of the molecule is O=CC1C(F)C(F)CN1c1ccc(I)cc1. The number of anilines is 1. The van der Waals surface area contributed by atoms with Crippen LogP contribution in [0, 0.1) is 3.57 Å². The van der Waals surface area contributed by atoms with Gasteiger partial charge in [-0.05, 0) is 46.9 Å². The lowest BCUT2D eigenvalue weighted by Gasteiger charge is -2.22. The van der Waals surface area contributed by atoms with Crippen LogP contribution in [0.5, 0.6) is 0 Å². The quantitative estimate of drug-likeness (QED) is 0.610. The molecule has 1 aliphatic heterocycles. The summed E-state index contributed by atoms with van der Waals surface area (Å²) in [6.45, 7) is -0.0643. The van der Waals surface area contributed by atoms with Crippen molar-refractivity contribution >= 4 is 34.6 Å². The molecule has 16 heavy (non-hydrogen) atoms. The highest BCUT2D eigenvalue weighted by atomic mass is 127. The number of hydrogen-bond acceptors (Lipinski definition) is 2. The van der Waals surface area contributed by atoms with Crippen molar-refractivity contribution in [3.05, 3.63) is 27.8 Å². The van der Waals surface area contributed by atoms with Gasteiger partial charge in [0, 0.05) is 9.26 Å². The molecule has 0 radical (unpaired) electrons. The summed E-state index contributed by atoms with van der Waals surface area (Å²) in [6.07, 6.45) is -2.84. The third kappa shape index (κ3) is 2.05. The molecule has 1 heterocycles.